The van der Waals surface area contributed by atoms with E-state index in [1.807, 2.05) is 0 Å². The van der Waals surface area contributed by atoms with Crippen LogP contribution in [0.4, 0.5) is 0 Å². The van der Waals surface area contributed by atoms with Gasteiger partial charge in [0, 0.05) is 12.5 Å². The van der Waals surface area contributed by atoms with Crippen LogP contribution in [0.15, 0.2) is 0 Å². The summed E-state index contributed by atoms with van der Waals surface area (Å²) in [6, 6.07) is -0.476. The number of carboxylic acid groups (broad SMARTS) is 2. The Balaban J connectivity index is 2.42. The zero-order valence-corrected chi connectivity index (χ0v) is 8.61. The zero-order chi connectivity index (χ0) is 11.3. The minimum absolute atomic E-state index is 0.0321. The Bertz CT molecular complexity index is 242. The second-order valence-corrected chi connectivity index (χ2v) is 3.97. The lowest BCUT2D eigenvalue weighted by Gasteiger charge is -2.18. The van der Waals surface area contributed by atoms with Crippen LogP contribution in [0.25, 0.3) is 0 Å². The molecule has 5 nitrogen and oxygen atoms in total. The number of rotatable bonds is 4. The molecule has 0 aliphatic carbocycles. The Labute approximate surface area is 88.5 Å². The van der Waals surface area contributed by atoms with Crippen molar-refractivity contribution >= 4 is 11.9 Å². The normalized spacial score (nSPS) is 26.9. The maximum Gasteiger partial charge on any atom is 0.320 e. The summed E-state index contributed by atoms with van der Waals surface area (Å²) in [5.41, 5.74) is 0. The first kappa shape index (κ1) is 12.0. The first-order chi connectivity index (χ1) is 7.09. The number of hydrogen-bond acceptors (Lipinski definition) is 3. The standard InChI is InChI=1S/C10H17NO4/c12-9(13)6-5-7-3-1-2-4-8(11-7)10(14)15/h7-8,11H,1-6H2,(H,12,13)(H,14,15)/t7-,8-/m0/s1. The molecule has 1 rings (SSSR count). The van der Waals surface area contributed by atoms with Gasteiger partial charge in [-0.2, -0.15) is 0 Å². The minimum atomic E-state index is -0.836. The van der Waals surface area contributed by atoms with Crippen molar-refractivity contribution in [1.82, 2.24) is 5.32 Å². The second kappa shape index (κ2) is 5.70. The van der Waals surface area contributed by atoms with E-state index in [2.05, 4.69) is 5.32 Å². The molecule has 1 fully saturated rings. The van der Waals surface area contributed by atoms with Gasteiger partial charge in [-0.1, -0.05) is 12.8 Å². The Hall–Kier alpha value is -1.10. The molecule has 5 heteroatoms. The third kappa shape index (κ3) is 4.29. The summed E-state index contributed by atoms with van der Waals surface area (Å²) >= 11 is 0. The molecule has 3 N–H and O–H groups in total. The van der Waals surface area contributed by atoms with Gasteiger partial charge in [-0.3, -0.25) is 9.59 Å². The molecular formula is C10H17NO4. The maximum absolute atomic E-state index is 10.8. The van der Waals surface area contributed by atoms with Gasteiger partial charge in [-0.15, -0.1) is 0 Å². The van der Waals surface area contributed by atoms with Crippen molar-refractivity contribution in [1.29, 1.82) is 0 Å². The summed E-state index contributed by atoms with van der Waals surface area (Å²) in [7, 11) is 0. The molecule has 0 bridgehead atoms. The van der Waals surface area contributed by atoms with E-state index in [4.69, 9.17) is 10.2 Å². The summed E-state index contributed by atoms with van der Waals surface area (Å²) in [5, 5.41) is 20.4. The van der Waals surface area contributed by atoms with Crippen LogP contribution in [-0.4, -0.2) is 34.2 Å². The van der Waals surface area contributed by atoms with Gasteiger partial charge in [0.2, 0.25) is 0 Å². The molecule has 0 aromatic heterocycles. The Kier molecular flexibility index (Phi) is 4.55. The average molecular weight is 215 g/mol. The predicted octanol–water partition coefficient (Wildman–Crippen LogP) is 0.837. The quantitative estimate of drug-likeness (QED) is 0.646. The third-order valence-electron chi connectivity index (χ3n) is 2.74. The molecule has 0 amide bonds. The summed E-state index contributed by atoms with van der Waals surface area (Å²) < 4.78 is 0. The number of aliphatic carboxylic acids is 2. The molecule has 15 heavy (non-hydrogen) atoms. The van der Waals surface area contributed by atoms with E-state index in [-0.39, 0.29) is 12.5 Å². The highest BCUT2D eigenvalue weighted by Gasteiger charge is 2.24. The van der Waals surface area contributed by atoms with E-state index >= 15 is 0 Å². The zero-order valence-electron chi connectivity index (χ0n) is 8.61. The average Bonchev–Trinajstić information content (AvgIpc) is 2.39. The van der Waals surface area contributed by atoms with Gasteiger partial charge in [0.1, 0.15) is 6.04 Å². The lowest BCUT2D eigenvalue weighted by atomic mass is 10.1. The van der Waals surface area contributed by atoms with Crippen molar-refractivity contribution in [2.24, 2.45) is 0 Å². The highest BCUT2D eigenvalue weighted by Crippen LogP contribution is 2.16. The van der Waals surface area contributed by atoms with Gasteiger partial charge in [0.25, 0.3) is 0 Å². The van der Waals surface area contributed by atoms with E-state index in [1.165, 1.54) is 0 Å². The molecule has 1 heterocycles. The lowest BCUT2D eigenvalue weighted by molar-refractivity contribution is -0.139. The van der Waals surface area contributed by atoms with Crippen molar-refractivity contribution in [2.75, 3.05) is 0 Å². The topological polar surface area (TPSA) is 86.6 Å². The molecule has 0 unspecified atom stereocenters. The molecule has 2 atom stereocenters. The Morgan fingerprint density at radius 2 is 1.87 bits per heavy atom. The van der Waals surface area contributed by atoms with Crippen LogP contribution in [-0.2, 0) is 9.59 Å². The van der Waals surface area contributed by atoms with Crippen molar-refractivity contribution in [2.45, 2.75) is 50.6 Å². The summed E-state index contributed by atoms with van der Waals surface area (Å²) in [4.78, 5) is 21.2. The van der Waals surface area contributed by atoms with E-state index in [1.54, 1.807) is 0 Å². The van der Waals surface area contributed by atoms with Gasteiger partial charge in [0.05, 0.1) is 0 Å². The van der Waals surface area contributed by atoms with Crippen LogP contribution in [0.2, 0.25) is 0 Å². The molecule has 0 aromatic rings. The molecular weight excluding hydrogens is 198 g/mol. The van der Waals surface area contributed by atoms with Crippen LogP contribution in [0, 0.1) is 0 Å². The lowest BCUT2D eigenvalue weighted by Crippen LogP contribution is -2.42. The third-order valence-corrected chi connectivity index (χ3v) is 2.74. The number of carbonyl (C=O) groups is 2. The van der Waals surface area contributed by atoms with Gasteiger partial charge in [0.15, 0.2) is 0 Å². The van der Waals surface area contributed by atoms with E-state index in [0.717, 1.165) is 19.3 Å². The largest absolute Gasteiger partial charge is 0.481 e. The molecule has 0 radical (unpaired) electrons. The van der Waals surface area contributed by atoms with E-state index in [9.17, 15) is 9.59 Å². The monoisotopic (exact) mass is 215 g/mol. The SMILES string of the molecule is O=C(O)CC[C@@H]1CCCC[C@@H](C(=O)O)N1. The smallest absolute Gasteiger partial charge is 0.320 e. The van der Waals surface area contributed by atoms with Crippen LogP contribution >= 0.6 is 0 Å². The molecule has 1 aliphatic heterocycles. The molecule has 1 aliphatic rings. The second-order valence-electron chi connectivity index (χ2n) is 3.97. The summed E-state index contributed by atoms with van der Waals surface area (Å²) in [6.07, 6.45) is 3.99. The highest BCUT2D eigenvalue weighted by atomic mass is 16.4. The predicted molar refractivity (Wildman–Crippen MR) is 53.7 cm³/mol. The fraction of sp³-hybridized carbons (Fsp3) is 0.800. The van der Waals surface area contributed by atoms with E-state index in [0.29, 0.717) is 12.8 Å². The van der Waals surface area contributed by atoms with Gasteiger partial charge in [-0.25, -0.2) is 0 Å². The minimum Gasteiger partial charge on any atom is -0.481 e. The first-order valence-electron chi connectivity index (χ1n) is 5.30. The molecule has 0 saturated carbocycles. The fourth-order valence-electron chi connectivity index (χ4n) is 1.91. The van der Waals surface area contributed by atoms with Crippen molar-refractivity contribution < 1.29 is 19.8 Å². The number of carboxylic acids is 2. The summed E-state index contributed by atoms with van der Waals surface area (Å²) in [5.74, 6) is -1.66. The van der Waals surface area contributed by atoms with Gasteiger partial charge in [-0.05, 0) is 19.3 Å². The Morgan fingerprint density at radius 3 is 2.47 bits per heavy atom. The first-order valence-corrected chi connectivity index (χ1v) is 5.30. The fourth-order valence-corrected chi connectivity index (χ4v) is 1.91. The number of nitrogens with one attached hydrogen (secondary N) is 1. The van der Waals surface area contributed by atoms with Crippen LogP contribution < -0.4 is 5.32 Å². The van der Waals surface area contributed by atoms with Crippen LogP contribution in [0.3, 0.4) is 0 Å². The van der Waals surface area contributed by atoms with Crippen LogP contribution in [0.5, 0.6) is 0 Å². The van der Waals surface area contributed by atoms with Crippen molar-refractivity contribution in [3.63, 3.8) is 0 Å². The molecule has 1 saturated heterocycles. The van der Waals surface area contributed by atoms with E-state index < -0.39 is 18.0 Å². The van der Waals surface area contributed by atoms with Crippen LogP contribution in [0.1, 0.15) is 38.5 Å². The van der Waals surface area contributed by atoms with Crippen molar-refractivity contribution in [3.8, 4) is 0 Å². The number of hydrogen-bond donors (Lipinski definition) is 3. The summed E-state index contributed by atoms with van der Waals surface area (Å²) in [6.45, 7) is 0. The molecule has 0 spiro atoms. The molecule has 86 valence electrons. The maximum atomic E-state index is 10.8. The van der Waals surface area contributed by atoms with Gasteiger partial charge >= 0.3 is 11.9 Å². The van der Waals surface area contributed by atoms with Gasteiger partial charge < -0.3 is 15.5 Å². The Morgan fingerprint density at radius 1 is 1.20 bits per heavy atom. The molecule has 0 aromatic carbocycles. The highest BCUT2D eigenvalue weighted by molar-refractivity contribution is 5.73. The van der Waals surface area contributed by atoms with Crippen molar-refractivity contribution in [3.05, 3.63) is 0 Å².